The predicted molar refractivity (Wildman–Crippen MR) is 108 cm³/mol. The van der Waals surface area contributed by atoms with E-state index >= 15 is 0 Å². The fraction of sp³-hybridized carbons (Fsp3) is 0.364. The molecule has 0 spiro atoms. The first-order valence-electron chi connectivity index (χ1n) is 9.53. The van der Waals surface area contributed by atoms with Gasteiger partial charge in [0.1, 0.15) is 12.4 Å². The van der Waals surface area contributed by atoms with Gasteiger partial charge in [0.05, 0.1) is 25.1 Å². The van der Waals surface area contributed by atoms with Crippen LogP contribution in [0.4, 0.5) is 0 Å². The highest BCUT2D eigenvalue weighted by molar-refractivity contribution is 5.78. The Morgan fingerprint density at radius 2 is 2.00 bits per heavy atom. The zero-order chi connectivity index (χ0) is 19.9. The maximum atomic E-state index is 10.8. The maximum absolute atomic E-state index is 10.8. The fourth-order valence-electron chi connectivity index (χ4n) is 3.07. The van der Waals surface area contributed by atoms with E-state index in [9.17, 15) is 4.79 Å². The van der Waals surface area contributed by atoms with Gasteiger partial charge in [-0.05, 0) is 48.2 Å². The number of ether oxygens (including phenoxy) is 2. The van der Waals surface area contributed by atoms with Crippen LogP contribution in [0.2, 0.25) is 0 Å². The lowest BCUT2D eigenvalue weighted by Crippen LogP contribution is -2.05. The normalized spacial score (nSPS) is 12.2. The molecule has 28 heavy (non-hydrogen) atoms. The van der Waals surface area contributed by atoms with Crippen LogP contribution in [0.5, 0.6) is 5.75 Å². The molecule has 0 aliphatic carbocycles. The molecule has 6 nitrogen and oxygen atoms in total. The molecule has 0 radical (unpaired) electrons. The number of hydrogen-bond donors (Lipinski definition) is 1. The van der Waals surface area contributed by atoms with Crippen LogP contribution in [0.15, 0.2) is 48.7 Å². The van der Waals surface area contributed by atoms with Crippen LogP contribution in [0.25, 0.3) is 10.9 Å². The number of rotatable bonds is 10. The lowest BCUT2D eigenvalue weighted by Gasteiger charge is -2.11. The summed E-state index contributed by atoms with van der Waals surface area (Å²) in [5, 5.41) is 14.5. The van der Waals surface area contributed by atoms with Crippen LogP contribution < -0.4 is 4.74 Å². The Morgan fingerprint density at radius 1 is 1.21 bits per heavy atom. The number of aromatic nitrogens is 2. The van der Waals surface area contributed by atoms with Crippen LogP contribution in [0.1, 0.15) is 37.3 Å². The summed E-state index contributed by atoms with van der Waals surface area (Å²) in [6, 6.07) is 13.7. The molecule has 1 unspecified atom stereocenters. The van der Waals surface area contributed by atoms with Gasteiger partial charge in [-0.1, -0.05) is 25.1 Å². The van der Waals surface area contributed by atoms with Crippen LogP contribution in [0, 0.1) is 0 Å². The van der Waals surface area contributed by atoms with Crippen molar-refractivity contribution in [1.29, 1.82) is 0 Å². The molecule has 1 heterocycles. The van der Waals surface area contributed by atoms with Gasteiger partial charge in [0, 0.05) is 18.2 Å². The number of benzene rings is 2. The molecule has 1 aromatic heterocycles. The highest BCUT2D eigenvalue weighted by atomic mass is 16.5. The number of nitrogens with zero attached hydrogens (tertiary/aromatic N) is 2. The van der Waals surface area contributed by atoms with Crippen molar-refractivity contribution in [2.45, 2.75) is 39.3 Å². The van der Waals surface area contributed by atoms with E-state index in [4.69, 9.17) is 14.6 Å². The largest absolute Gasteiger partial charge is 0.489 e. The molecule has 6 heteroatoms. The summed E-state index contributed by atoms with van der Waals surface area (Å²) < 4.78 is 13.2. The number of aliphatic carboxylic acids is 1. The first-order chi connectivity index (χ1) is 13.5. The Hall–Kier alpha value is -2.86. The summed E-state index contributed by atoms with van der Waals surface area (Å²) in [5.41, 5.74) is 3.02. The fourth-order valence-corrected chi connectivity index (χ4v) is 3.07. The first kappa shape index (κ1) is 19.9. The predicted octanol–water partition coefficient (Wildman–Crippen LogP) is 4.23. The van der Waals surface area contributed by atoms with E-state index in [0.717, 1.165) is 34.3 Å². The van der Waals surface area contributed by atoms with E-state index in [1.54, 1.807) is 0 Å². The molecular formula is C22H26N2O4. The van der Waals surface area contributed by atoms with E-state index < -0.39 is 5.97 Å². The molecule has 3 aromatic rings. The first-order valence-corrected chi connectivity index (χ1v) is 9.53. The van der Waals surface area contributed by atoms with Gasteiger partial charge in [-0.25, -0.2) is 0 Å². The summed E-state index contributed by atoms with van der Waals surface area (Å²) in [4.78, 5) is 10.8. The van der Waals surface area contributed by atoms with Crippen molar-refractivity contribution in [2.75, 3.05) is 13.2 Å². The SMILES string of the molecule is CCOCCn1cc2cc(COc3ccc(C(C)CC(=O)O)cc3)ccc2n1. The quantitative estimate of drug-likeness (QED) is 0.531. The van der Waals surface area contributed by atoms with Gasteiger partial charge in [-0.3, -0.25) is 9.48 Å². The highest BCUT2D eigenvalue weighted by Gasteiger charge is 2.10. The van der Waals surface area contributed by atoms with Crippen molar-refractivity contribution >= 4 is 16.9 Å². The monoisotopic (exact) mass is 382 g/mol. The van der Waals surface area contributed by atoms with Gasteiger partial charge < -0.3 is 14.6 Å². The van der Waals surface area contributed by atoms with Gasteiger partial charge in [0.15, 0.2) is 0 Å². The van der Waals surface area contributed by atoms with Crippen molar-refractivity contribution in [2.24, 2.45) is 0 Å². The molecule has 0 bridgehead atoms. The number of carboxylic acid groups (broad SMARTS) is 1. The molecule has 1 N–H and O–H groups in total. The van der Waals surface area contributed by atoms with Crippen LogP contribution in [0.3, 0.4) is 0 Å². The van der Waals surface area contributed by atoms with E-state index in [0.29, 0.717) is 19.8 Å². The van der Waals surface area contributed by atoms with Crippen molar-refractivity contribution in [3.05, 3.63) is 59.8 Å². The lowest BCUT2D eigenvalue weighted by atomic mass is 9.98. The molecule has 0 aliphatic heterocycles. The number of carboxylic acids is 1. The minimum atomic E-state index is -0.788. The highest BCUT2D eigenvalue weighted by Crippen LogP contribution is 2.23. The van der Waals surface area contributed by atoms with Gasteiger partial charge >= 0.3 is 5.97 Å². The molecule has 0 amide bonds. The standard InChI is InChI=1S/C22H26N2O4/c1-3-27-11-10-24-14-19-13-17(4-9-21(19)23-24)15-28-20-7-5-18(6-8-20)16(2)12-22(25)26/h4-9,13-14,16H,3,10-12,15H2,1-2H3,(H,25,26). The average Bonchev–Trinajstić information content (AvgIpc) is 3.08. The molecule has 1 atom stereocenters. The van der Waals surface area contributed by atoms with Crippen molar-refractivity contribution in [1.82, 2.24) is 9.78 Å². The zero-order valence-corrected chi connectivity index (χ0v) is 16.3. The van der Waals surface area contributed by atoms with E-state index in [1.165, 1.54) is 0 Å². The van der Waals surface area contributed by atoms with E-state index in [2.05, 4.69) is 11.2 Å². The lowest BCUT2D eigenvalue weighted by molar-refractivity contribution is -0.137. The summed E-state index contributed by atoms with van der Waals surface area (Å²) >= 11 is 0. The maximum Gasteiger partial charge on any atom is 0.303 e. The molecule has 0 saturated heterocycles. The minimum absolute atomic E-state index is 0.0202. The summed E-state index contributed by atoms with van der Waals surface area (Å²) in [6.45, 7) is 6.46. The second kappa shape index (κ2) is 9.37. The second-order valence-electron chi connectivity index (χ2n) is 6.84. The van der Waals surface area contributed by atoms with Gasteiger partial charge in [0.25, 0.3) is 0 Å². The third kappa shape index (κ3) is 5.33. The third-order valence-corrected chi connectivity index (χ3v) is 4.62. The van der Waals surface area contributed by atoms with Crippen molar-refractivity contribution in [3.8, 4) is 5.75 Å². The topological polar surface area (TPSA) is 73.6 Å². The molecule has 2 aromatic carbocycles. The van der Waals surface area contributed by atoms with Crippen LogP contribution in [-0.2, 0) is 22.7 Å². The van der Waals surface area contributed by atoms with E-state index in [1.807, 2.05) is 61.1 Å². The van der Waals surface area contributed by atoms with Crippen LogP contribution in [-0.4, -0.2) is 34.1 Å². The molecule has 148 valence electrons. The Bertz CT molecular complexity index is 918. The van der Waals surface area contributed by atoms with Crippen molar-refractivity contribution in [3.63, 3.8) is 0 Å². The average molecular weight is 382 g/mol. The number of carbonyl (C=O) groups is 1. The Kier molecular flexibility index (Phi) is 6.66. The molecular weight excluding hydrogens is 356 g/mol. The summed E-state index contributed by atoms with van der Waals surface area (Å²) in [5.74, 6) is -0.0450. The van der Waals surface area contributed by atoms with Gasteiger partial charge in [-0.2, -0.15) is 5.10 Å². The zero-order valence-electron chi connectivity index (χ0n) is 16.3. The minimum Gasteiger partial charge on any atom is -0.489 e. The third-order valence-electron chi connectivity index (χ3n) is 4.62. The van der Waals surface area contributed by atoms with Gasteiger partial charge in [-0.15, -0.1) is 0 Å². The van der Waals surface area contributed by atoms with Gasteiger partial charge in [0.2, 0.25) is 0 Å². The second-order valence-corrected chi connectivity index (χ2v) is 6.84. The smallest absolute Gasteiger partial charge is 0.303 e. The molecule has 0 saturated carbocycles. The Morgan fingerprint density at radius 3 is 2.71 bits per heavy atom. The van der Waals surface area contributed by atoms with Crippen LogP contribution >= 0.6 is 0 Å². The molecule has 3 rings (SSSR count). The molecule has 0 aliphatic rings. The number of hydrogen-bond acceptors (Lipinski definition) is 4. The van der Waals surface area contributed by atoms with Crippen molar-refractivity contribution < 1.29 is 19.4 Å². The van der Waals surface area contributed by atoms with E-state index in [-0.39, 0.29) is 12.3 Å². The summed E-state index contributed by atoms with van der Waals surface area (Å²) in [6.07, 6.45) is 2.15. The summed E-state index contributed by atoms with van der Waals surface area (Å²) in [7, 11) is 0. The molecule has 0 fully saturated rings. The Labute approximate surface area is 164 Å². The number of fused-ring (bicyclic) bond motifs is 1. The Balaban J connectivity index is 1.59.